The maximum Gasteiger partial charge on any atom is 0.335 e. The largest absolute Gasteiger partial charge is 0.478 e. The van der Waals surface area contributed by atoms with E-state index >= 15 is 0 Å². The van der Waals surface area contributed by atoms with E-state index in [9.17, 15) is 13.2 Å². The Labute approximate surface area is 143 Å². The number of carboxylic acid groups (broad SMARTS) is 1. The Morgan fingerprint density at radius 2 is 1.91 bits per heavy atom. The summed E-state index contributed by atoms with van der Waals surface area (Å²) in [5.74, 6) is -1.07. The molecule has 122 valence electrons. The molecule has 0 fully saturated rings. The highest BCUT2D eigenvalue weighted by molar-refractivity contribution is 7.99. The summed E-state index contributed by atoms with van der Waals surface area (Å²) in [6, 6.07) is 8.85. The second-order valence-corrected chi connectivity index (χ2v) is 7.67. The van der Waals surface area contributed by atoms with Crippen LogP contribution in [0.15, 0.2) is 46.2 Å². The minimum absolute atomic E-state index is 0.0286. The number of carbonyl (C=O) groups is 1. The molecule has 0 radical (unpaired) electrons. The lowest BCUT2D eigenvalue weighted by atomic mass is 10.2. The van der Waals surface area contributed by atoms with Gasteiger partial charge in [-0.15, -0.1) is 11.8 Å². The van der Waals surface area contributed by atoms with Gasteiger partial charge in [-0.25, -0.2) is 13.2 Å². The van der Waals surface area contributed by atoms with Crippen LogP contribution in [0.25, 0.3) is 0 Å². The Balaban J connectivity index is 2.43. The molecule has 0 aliphatic carbocycles. The van der Waals surface area contributed by atoms with Crippen molar-refractivity contribution in [3.63, 3.8) is 0 Å². The predicted molar refractivity (Wildman–Crippen MR) is 92.2 cm³/mol. The number of anilines is 1. The summed E-state index contributed by atoms with van der Waals surface area (Å²) in [6.45, 7) is 1.81. The highest BCUT2D eigenvalue weighted by Gasteiger charge is 2.20. The molecule has 0 aromatic heterocycles. The number of aromatic carboxylic acids is 1. The molecular weight excluding hydrogens is 358 g/mol. The normalized spacial score (nSPS) is 11.3. The van der Waals surface area contributed by atoms with Crippen LogP contribution in [0.4, 0.5) is 5.69 Å². The lowest BCUT2D eigenvalue weighted by Crippen LogP contribution is -2.14. The predicted octanol–water partition coefficient (Wildman–Crippen LogP) is 3.87. The van der Waals surface area contributed by atoms with E-state index in [-0.39, 0.29) is 15.5 Å². The summed E-state index contributed by atoms with van der Waals surface area (Å²) in [7, 11) is -3.87. The summed E-state index contributed by atoms with van der Waals surface area (Å²) < 4.78 is 27.5. The van der Waals surface area contributed by atoms with Gasteiger partial charge in [0.15, 0.2) is 0 Å². The van der Waals surface area contributed by atoms with Crippen LogP contribution in [0.5, 0.6) is 0 Å². The number of sulfonamides is 1. The van der Waals surface area contributed by atoms with E-state index in [1.165, 1.54) is 36.0 Å². The van der Waals surface area contributed by atoms with Crippen LogP contribution in [-0.4, -0.2) is 25.7 Å². The van der Waals surface area contributed by atoms with Crippen LogP contribution in [0.2, 0.25) is 5.02 Å². The van der Waals surface area contributed by atoms with Crippen LogP contribution in [0.3, 0.4) is 0 Å². The summed E-state index contributed by atoms with van der Waals surface area (Å²) in [5.41, 5.74) is 1.24. The number of rotatable bonds is 5. The molecule has 0 atom stereocenters. The zero-order chi connectivity index (χ0) is 17.2. The van der Waals surface area contributed by atoms with Crippen molar-refractivity contribution < 1.29 is 18.3 Å². The average molecular weight is 372 g/mol. The molecule has 8 heteroatoms. The van der Waals surface area contributed by atoms with Gasteiger partial charge in [-0.2, -0.15) is 0 Å². The third-order valence-corrected chi connectivity index (χ3v) is 5.70. The maximum absolute atomic E-state index is 12.5. The number of nitrogens with one attached hydrogen (secondary N) is 1. The molecule has 0 spiro atoms. The molecule has 0 unspecified atom stereocenters. The zero-order valence-electron chi connectivity index (χ0n) is 12.3. The fourth-order valence-corrected chi connectivity index (χ4v) is 4.26. The molecule has 0 saturated carbocycles. The van der Waals surface area contributed by atoms with E-state index in [1.54, 1.807) is 18.4 Å². The lowest BCUT2D eigenvalue weighted by molar-refractivity contribution is 0.0696. The fourth-order valence-electron chi connectivity index (χ4n) is 1.93. The lowest BCUT2D eigenvalue weighted by Gasteiger charge is -2.13. The highest BCUT2D eigenvalue weighted by atomic mass is 35.5. The fraction of sp³-hybridized carbons (Fsp3) is 0.133. The molecule has 0 aliphatic heterocycles. The van der Waals surface area contributed by atoms with E-state index in [0.29, 0.717) is 10.6 Å². The second kappa shape index (κ2) is 6.82. The Morgan fingerprint density at radius 3 is 2.48 bits per heavy atom. The number of hydrogen-bond donors (Lipinski definition) is 2. The summed E-state index contributed by atoms with van der Waals surface area (Å²) in [5, 5.41) is 9.13. The first-order valence-corrected chi connectivity index (χ1v) is 9.53. The van der Waals surface area contributed by atoms with Crippen molar-refractivity contribution in [1.29, 1.82) is 0 Å². The van der Waals surface area contributed by atoms with Gasteiger partial charge in [0.25, 0.3) is 10.0 Å². The number of hydrogen-bond acceptors (Lipinski definition) is 4. The van der Waals surface area contributed by atoms with Crippen LogP contribution >= 0.6 is 23.4 Å². The number of benzene rings is 2. The molecule has 23 heavy (non-hydrogen) atoms. The second-order valence-electron chi connectivity index (χ2n) is 4.76. The Hall–Kier alpha value is -1.70. The van der Waals surface area contributed by atoms with Gasteiger partial charge in [0.1, 0.15) is 4.90 Å². The Morgan fingerprint density at radius 1 is 1.22 bits per heavy atom. The van der Waals surface area contributed by atoms with Crippen LogP contribution in [-0.2, 0) is 10.0 Å². The minimum Gasteiger partial charge on any atom is -0.478 e. The molecule has 2 rings (SSSR count). The Kier molecular flexibility index (Phi) is 5.23. The topological polar surface area (TPSA) is 83.5 Å². The van der Waals surface area contributed by atoms with Crippen molar-refractivity contribution in [1.82, 2.24) is 0 Å². The van der Waals surface area contributed by atoms with Crippen LogP contribution in [0.1, 0.15) is 15.9 Å². The molecule has 2 N–H and O–H groups in total. The van der Waals surface area contributed by atoms with Gasteiger partial charge in [-0.3, -0.25) is 4.72 Å². The average Bonchev–Trinajstić information content (AvgIpc) is 2.46. The summed E-state index contributed by atoms with van der Waals surface area (Å²) in [4.78, 5) is 11.5. The van der Waals surface area contributed by atoms with E-state index in [1.807, 2.05) is 6.92 Å². The first-order valence-electron chi connectivity index (χ1n) is 6.45. The van der Waals surface area contributed by atoms with Crippen molar-refractivity contribution >= 4 is 45.0 Å². The summed E-state index contributed by atoms with van der Waals surface area (Å²) >= 11 is 7.26. The van der Waals surface area contributed by atoms with Crippen molar-refractivity contribution in [2.24, 2.45) is 0 Å². The van der Waals surface area contributed by atoms with E-state index < -0.39 is 16.0 Å². The number of carboxylic acids is 1. The van der Waals surface area contributed by atoms with Crippen LogP contribution in [0, 0.1) is 6.92 Å². The first kappa shape index (κ1) is 17.7. The third-order valence-electron chi connectivity index (χ3n) is 3.07. The molecule has 0 saturated heterocycles. The smallest absolute Gasteiger partial charge is 0.335 e. The quantitative estimate of drug-likeness (QED) is 0.779. The van der Waals surface area contributed by atoms with Gasteiger partial charge >= 0.3 is 5.97 Å². The number of aryl methyl sites for hydroxylation is 1. The first-order chi connectivity index (χ1) is 10.7. The van der Waals surface area contributed by atoms with Gasteiger partial charge in [-0.05, 0) is 49.1 Å². The highest BCUT2D eigenvalue weighted by Crippen LogP contribution is 2.30. The monoisotopic (exact) mass is 371 g/mol. The molecule has 2 aromatic carbocycles. The Bertz CT molecular complexity index is 866. The minimum atomic E-state index is -3.87. The van der Waals surface area contributed by atoms with Gasteiger partial charge < -0.3 is 5.11 Å². The molecule has 0 bridgehead atoms. The molecule has 2 aromatic rings. The number of halogens is 1. The van der Waals surface area contributed by atoms with Gasteiger partial charge in [0.2, 0.25) is 0 Å². The van der Waals surface area contributed by atoms with Crippen molar-refractivity contribution in [3.8, 4) is 0 Å². The van der Waals surface area contributed by atoms with Crippen molar-refractivity contribution in [2.45, 2.75) is 16.7 Å². The molecule has 0 heterocycles. The molecule has 0 amide bonds. The maximum atomic E-state index is 12.5. The molecular formula is C15H14ClNO4S2. The summed E-state index contributed by atoms with van der Waals surface area (Å²) in [6.07, 6.45) is 1.73. The SMILES string of the molecule is CSc1cc(C(=O)O)ccc1NS(=O)(=O)c1ccc(C)cc1Cl. The van der Waals surface area contributed by atoms with E-state index in [4.69, 9.17) is 16.7 Å². The van der Waals surface area contributed by atoms with Crippen LogP contribution < -0.4 is 4.72 Å². The van der Waals surface area contributed by atoms with Gasteiger partial charge in [0, 0.05) is 4.90 Å². The van der Waals surface area contributed by atoms with E-state index in [2.05, 4.69) is 4.72 Å². The number of thioether (sulfide) groups is 1. The van der Waals surface area contributed by atoms with Gasteiger partial charge in [0.05, 0.1) is 16.3 Å². The molecule has 0 aliphatic rings. The van der Waals surface area contributed by atoms with Gasteiger partial charge in [-0.1, -0.05) is 17.7 Å². The van der Waals surface area contributed by atoms with Crippen molar-refractivity contribution in [3.05, 3.63) is 52.5 Å². The standard InChI is InChI=1S/C15H14ClNO4S2/c1-9-3-6-14(11(16)7-9)23(20,21)17-12-5-4-10(15(18)19)8-13(12)22-2/h3-8,17H,1-2H3,(H,18,19). The molecule has 5 nitrogen and oxygen atoms in total. The zero-order valence-corrected chi connectivity index (χ0v) is 14.7. The third kappa shape index (κ3) is 3.99. The van der Waals surface area contributed by atoms with E-state index in [0.717, 1.165) is 5.56 Å². The van der Waals surface area contributed by atoms with Crippen molar-refractivity contribution in [2.75, 3.05) is 11.0 Å².